The Labute approximate surface area is 142 Å². The maximum atomic E-state index is 13.8. The van der Waals surface area contributed by atoms with Crippen LogP contribution in [0.2, 0.25) is 0 Å². The number of aromatic amines is 1. The number of H-pyrrole nitrogens is 1. The average Bonchev–Trinajstić information content (AvgIpc) is 3.11. The molecule has 0 bridgehead atoms. The van der Waals surface area contributed by atoms with Crippen LogP contribution in [0.15, 0.2) is 48.8 Å². The predicted molar refractivity (Wildman–Crippen MR) is 89.4 cm³/mol. The summed E-state index contributed by atoms with van der Waals surface area (Å²) in [6.45, 7) is 0. The van der Waals surface area contributed by atoms with Crippen LogP contribution in [0.25, 0.3) is 0 Å². The Kier molecular flexibility index (Phi) is 4.98. The molecule has 1 heterocycles. The lowest BCUT2D eigenvalue weighted by molar-refractivity contribution is -0.116. The first-order valence-electron chi connectivity index (χ1n) is 7.57. The van der Waals surface area contributed by atoms with Crippen molar-refractivity contribution in [2.24, 2.45) is 0 Å². The number of anilines is 3. The van der Waals surface area contributed by atoms with Crippen LogP contribution in [-0.2, 0) is 11.2 Å². The zero-order valence-electron chi connectivity index (χ0n) is 13.1. The average molecular weight is 343 g/mol. The standard InChI is InChI=1S/C17H15F2N5O/c18-11-5-6-14(23-17(25)8-7-16-20-10-21-24-16)15(9-11)22-13-4-2-1-3-12(13)19/h1-6,9-10,22H,7-8H2,(H,23,25)(H,20,21,24). The summed E-state index contributed by atoms with van der Waals surface area (Å²) in [6.07, 6.45) is 1.93. The van der Waals surface area contributed by atoms with Gasteiger partial charge in [0.25, 0.3) is 0 Å². The number of para-hydroxylation sites is 1. The van der Waals surface area contributed by atoms with Gasteiger partial charge in [0.1, 0.15) is 23.8 Å². The van der Waals surface area contributed by atoms with E-state index in [1.165, 1.54) is 36.7 Å². The summed E-state index contributed by atoms with van der Waals surface area (Å²) in [5.74, 6) is -0.661. The van der Waals surface area contributed by atoms with E-state index in [0.717, 1.165) is 0 Å². The van der Waals surface area contributed by atoms with Crippen LogP contribution in [-0.4, -0.2) is 21.1 Å². The van der Waals surface area contributed by atoms with Crippen LogP contribution in [0.1, 0.15) is 12.2 Å². The number of amides is 1. The van der Waals surface area contributed by atoms with Crippen LogP contribution >= 0.6 is 0 Å². The Hall–Kier alpha value is -3.29. The van der Waals surface area contributed by atoms with Gasteiger partial charge in [0.15, 0.2) is 0 Å². The van der Waals surface area contributed by atoms with Crippen molar-refractivity contribution in [1.82, 2.24) is 15.2 Å². The van der Waals surface area contributed by atoms with Crippen LogP contribution in [0.4, 0.5) is 25.8 Å². The summed E-state index contributed by atoms with van der Waals surface area (Å²) in [5.41, 5.74) is 0.801. The maximum Gasteiger partial charge on any atom is 0.224 e. The summed E-state index contributed by atoms with van der Waals surface area (Å²) < 4.78 is 27.3. The molecular formula is C17H15F2N5O. The number of nitrogens with zero attached hydrogens (tertiary/aromatic N) is 2. The Morgan fingerprint density at radius 2 is 1.92 bits per heavy atom. The van der Waals surface area contributed by atoms with E-state index in [1.54, 1.807) is 12.1 Å². The predicted octanol–water partition coefficient (Wildman–Crippen LogP) is 3.40. The van der Waals surface area contributed by atoms with Crippen molar-refractivity contribution in [1.29, 1.82) is 0 Å². The van der Waals surface area contributed by atoms with Gasteiger partial charge in [0.05, 0.1) is 17.1 Å². The Morgan fingerprint density at radius 3 is 2.68 bits per heavy atom. The number of hydrogen-bond acceptors (Lipinski definition) is 4. The number of aryl methyl sites for hydroxylation is 1. The van der Waals surface area contributed by atoms with E-state index in [-0.39, 0.29) is 23.7 Å². The summed E-state index contributed by atoms with van der Waals surface area (Å²) in [4.78, 5) is 16.0. The second-order valence-electron chi connectivity index (χ2n) is 5.28. The van der Waals surface area contributed by atoms with Crippen molar-refractivity contribution in [3.63, 3.8) is 0 Å². The Morgan fingerprint density at radius 1 is 1.08 bits per heavy atom. The van der Waals surface area contributed by atoms with E-state index >= 15 is 0 Å². The molecule has 0 atom stereocenters. The lowest BCUT2D eigenvalue weighted by atomic mass is 10.2. The molecule has 0 aliphatic carbocycles. The lowest BCUT2D eigenvalue weighted by Crippen LogP contribution is -2.14. The van der Waals surface area contributed by atoms with E-state index in [2.05, 4.69) is 25.8 Å². The summed E-state index contributed by atoms with van der Waals surface area (Å²) in [6, 6.07) is 9.85. The Bertz CT molecular complexity index is 867. The second-order valence-corrected chi connectivity index (χ2v) is 5.28. The molecule has 0 aliphatic rings. The SMILES string of the molecule is O=C(CCc1ncn[nH]1)Nc1ccc(F)cc1Nc1ccccc1F. The molecule has 128 valence electrons. The number of hydrogen-bond donors (Lipinski definition) is 3. The highest BCUT2D eigenvalue weighted by molar-refractivity contribution is 5.94. The highest BCUT2D eigenvalue weighted by Gasteiger charge is 2.11. The van der Waals surface area contributed by atoms with Gasteiger partial charge in [-0.2, -0.15) is 5.10 Å². The topological polar surface area (TPSA) is 82.7 Å². The fraction of sp³-hybridized carbons (Fsp3) is 0.118. The van der Waals surface area contributed by atoms with E-state index in [9.17, 15) is 13.6 Å². The van der Waals surface area contributed by atoms with E-state index < -0.39 is 11.6 Å². The maximum absolute atomic E-state index is 13.8. The van der Waals surface area contributed by atoms with Gasteiger partial charge in [-0.15, -0.1) is 0 Å². The molecule has 2 aromatic carbocycles. The van der Waals surface area contributed by atoms with Gasteiger partial charge in [0, 0.05) is 12.8 Å². The van der Waals surface area contributed by atoms with Gasteiger partial charge in [-0.05, 0) is 30.3 Å². The van der Waals surface area contributed by atoms with Crippen LogP contribution in [0, 0.1) is 11.6 Å². The molecule has 0 fully saturated rings. The van der Waals surface area contributed by atoms with Crippen LogP contribution in [0.5, 0.6) is 0 Å². The van der Waals surface area contributed by atoms with Gasteiger partial charge < -0.3 is 10.6 Å². The molecule has 0 spiro atoms. The first kappa shape index (κ1) is 16.6. The highest BCUT2D eigenvalue weighted by atomic mass is 19.1. The van der Waals surface area contributed by atoms with Gasteiger partial charge in [-0.3, -0.25) is 9.89 Å². The van der Waals surface area contributed by atoms with Gasteiger partial charge >= 0.3 is 0 Å². The zero-order valence-corrected chi connectivity index (χ0v) is 13.1. The molecule has 8 heteroatoms. The van der Waals surface area contributed by atoms with Crippen molar-refractivity contribution < 1.29 is 13.6 Å². The number of benzene rings is 2. The van der Waals surface area contributed by atoms with Crippen LogP contribution < -0.4 is 10.6 Å². The minimum atomic E-state index is -0.501. The lowest BCUT2D eigenvalue weighted by Gasteiger charge is -2.14. The molecule has 6 nitrogen and oxygen atoms in total. The molecule has 0 saturated heterocycles. The third kappa shape index (κ3) is 4.37. The van der Waals surface area contributed by atoms with Gasteiger partial charge in [0.2, 0.25) is 5.91 Å². The summed E-state index contributed by atoms with van der Waals surface area (Å²) in [7, 11) is 0. The molecule has 0 saturated carbocycles. The molecule has 1 amide bonds. The number of nitrogens with one attached hydrogen (secondary N) is 3. The fourth-order valence-electron chi connectivity index (χ4n) is 2.23. The minimum absolute atomic E-state index is 0.172. The first-order valence-corrected chi connectivity index (χ1v) is 7.57. The largest absolute Gasteiger partial charge is 0.351 e. The van der Waals surface area contributed by atoms with Gasteiger partial charge in [-0.25, -0.2) is 13.8 Å². The summed E-state index contributed by atoms with van der Waals surface area (Å²) >= 11 is 0. The molecule has 0 unspecified atom stereocenters. The van der Waals surface area contributed by atoms with Crippen molar-refractivity contribution in [2.75, 3.05) is 10.6 Å². The quantitative estimate of drug-likeness (QED) is 0.641. The third-order valence-corrected chi connectivity index (χ3v) is 3.45. The molecular weight excluding hydrogens is 328 g/mol. The fourth-order valence-corrected chi connectivity index (χ4v) is 2.23. The second kappa shape index (κ2) is 7.52. The molecule has 1 aromatic heterocycles. The molecule has 0 radical (unpaired) electrons. The summed E-state index contributed by atoms with van der Waals surface area (Å²) in [5, 5.41) is 11.9. The normalized spacial score (nSPS) is 10.5. The number of carbonyl (C=O) groups is 1. The van der Waals surface area contributed by atoms with Crippen molar-refractivity contribution in [3.05, 3.63) is 66.3 Å². The molecule has 3 aromatic rings. The molecule has 3 N–H and O–H groups in total. The van der Waals surface area contributed by atoms with Crippen molar-refractivity contribution in [2.45, 2.75) is 12.8 Å². The van der Waals surface area contributed by atoms with E-state index in [1.807, 2.05) is 0 Å². The molecule has 3 rings (SSSR count). The number of rotatable bonds is 6. The van der Waals surface area contributed by atoms with Crippen molar-refractivity contribution in [3.8, 4) is 0 Å². The number of halogens is 2. The first-order chi connectivity index (χ1) is 12.1. The zero-order chi connectivity index (χ0) is 17.6. The molecule has 0 aliphatic heterocycles. The minimum Gasteiger partial charge on any atom is -0.351 e. The molecule has 25 heavy (non-hydrogen) atoms. The van der Waals surface area contributed by atoms with E-state index in [0.29, 0.717) is 17.9 Å². The number of aromatic nitrogens is 3. The third-order valence-electron chi connectivity index (χ3n) is 3.45. The van der Waals surface area contributed by atoms with Crippen molar-refractivity contribution >= 4 is 23.0 Å². The Balaban J connectivity index is 1.72. The smallest absolute Gasteiger partial charge is 0.224 e. The number of carbonyl (C=O) groups excluding carboxylic acids is 1. The van der Waals surface area contributed by atoms with Gasteiger partial charge in [-0.1, -0.05) is 12.1 Å². The monoisotopic (exact) mass is 343 g/mol. The van der Waals surface area contributed by atoms with E-state index in [4.69, 9.17) is 0 Å². The van der Waals surface area contributed by atoms with Crippen LogP contribution in [0.3, 0.4) is 0 Å². The highest BCUT2D eigenvalue weighted by Crippen LogP contribution is 2.28.